The first-order chi connectivity index (χ1) is 9.66. The predicted molar refractivity (Wildman–Crippen MR) is 87.3 cm³/mol. The molecule has 0 aliphatic heterocycles. The maximum Gasteiger partial charge on any atom is 0.239 e. The second kappa shape index (κ2) is 7.89. The van der Waals surface area contributed by atoms with Crippen LogP contribution in [0, 0.1) is 0 Å². The summed E-state index contributed by atoms with van der Waals surface area (Å²) >= 11 is 9.43. The fourth-order valence-corrected chi connectivity index (χ4v) is 3.10. The molecule has 0 bridgehead atoms. The summed E-state index contributed by atoms with van der Waals surface area (Å²) in [7, 11) is 0. The number of hydrogen-bond acceptors (Lipinski definition) is 2. The molecule has 3 nitrogen and oxygen atoms in total. The number of hydrogen-bond donors (Lipinski definition) is 2. The topological polar surface area (TPSA) is 41.1 Å². The first kappa shape index (κ1) is 15.6. The zero-order valence-electron chi connectivity index (χ0n) is 11.4. The van der Waals surface area contributed by atoms with Gasteiger partial charge in [-0.1, -0.05) is 43.4 Å². The van der Waals surface area contributed by atoms with Crippen LogP contribution in [-0.2, 0) is 4.79 Å². The quantitative estimate of drug-likeness (QED) is 0.785. The maximum atomic E-state index is 12.0. The molecule has 1 saturated carbocycles. The SMILES string of the molecule is O=C(CNc1cccc(Cl)c1Br)NC1CCCCCC1. The molecule has 20 heavy (non-hydrogen) atoms. The van der Waals surface area contributed by atoms with Crippen molar-refractivity contribution in [1.29, 1.82) is 0 Å². The lowest BCUT2D eigenvalue weighted by Gasteiger charge is -2.17. The third kappa shape index (κ3) is 4.67. The van der Waals surface area contributed by atoms with Crippen LogP contribution in [0.1, 0.15) is 38.5 Å². The molecule has 2 N–H and O–H groups in total. The predicted octanol–water partition coefficient (Wildman–Crippen LogP) is 4.35. The molecule has 0 saturated heterocycles. The van der Waals surface area contributed by atoms with Crippen molar-refractivity contribution in [2.75, 3.05) is 11.9 Å². The van der Waals surface area contributed by atoms with E-state index in [0.29, 0.717) is 11.1 Å². The Bertz CT molecular complexity index is 459. The Hall–Kier alpha value is -0.740. The van der Waals surface area contributed by atoms with Crippen molar-refractivity contribution >= 4 is 39.1 Å². The van der Waals surface area contributed by atoms with E-state index in [1.807, 2.05) is 18.2 Å². The van der Waals surface area contributed by atoms with E-state index in [1.54, 1.807) is 0 Å². The minimum atomic E-state index is 0.0452. The highest BCUT2D eigenvalue weighted by Crippen LogP contribution is 2.29. The average Bonchev–Trinajstić information content (AvgIpc) is 2.69. The zero-order chi connectivity index (χ0) is 14.4. The zero-order valence-corrected chi connectivity index (χ0v) is 13.8. The summed E-state index contributed by atoms with van der Waals surface area (Å²) < 4.78 is 0.795. The van der Waals surface area contributed by atoms with Crippen molar-refractivity contribution in [1.82, 2.24) is 5.32 Å². The lowest BCUT2D eigenvalue weighted by atomic mass is 10.1. The molecule has 1 amide bonds. The van der Waals surface area contributed by atoms with Gasteiger partial charge in [0.1, 0.15) is 0 Å². The van der Waals surface area contributed by atoms with Gasteiger partial charge in [0.25, 0.3) is 0 Å². The molecule has 0 aromatic heterocycles. The minimum absolute atomic E-state index is 0.0452. The first-order valence-electron chi connectivity index (χ1n) is 7.14. The van der Waals surface area contributed by atoms with Gasteiger partial charge in [0.15, 0.2) is 0 Å². The van der Waals surface area contributed by atoms with Gasteiger partial charge in [-0.2, -0.15) is 0 Å². The Morgan fingerprint density at radius 1 is 1.25 bits per heavy atom. The number of rotatable bonds is 4. The number of carbonyl (C=O) groups excluding carboxylic acids is 1. The van der Waals surface area contributed by atoms with Crippen molar-refractivity contribution in [3.8, 4) is 0 Å². The van der Waals surface area contributed by atoms with Gasteiger partial charge in [-0.05, 0) is 40.9 Å². The highest BCUT2D eigenvalue weighted by atomic mass is 79.9. The molecule has 0 atom stereocenters. The van der Waals surface area contributed by atoms with E-state index in [0.717, 1.165) is 23.0 Å². The summed E-state index contributed by atoms with van der Waals surface area (Å²) in [6.45, 7) is 0.273. The van der Waals surface area contributed by atoms with Crippen LogP contribution >= 0.6 is 27.5 Å². The lowest BCUT2D eigenvalue weighted by Crippen LogP contribution is -2.38. The normalized spacial score (nSPS) is 16.5. The van der Waals surface area contributed by atoms with Gasteiger partial charge in [-0.25, -0.2) is 0 Å². The molecule has 1 aromatic rings. The summed E-state index contributed by atoms with van der Waals surface area (Å²) in [5, 5.41) is 6.87. The minimum Gasteiger partial charge on any atom is -0.375 e. The van der Waals surface area contributed by atoms with Crippen molar-refractivity contribution in [2.24, 2.45) is 0 Å². The van der Waals surface area contributed by atoms with Gasteiger partial charge >= 0.3 is 0 Å². The van der Waals surface area contributed by atoms with Crippen LogP contribution in [0.15, 0.2) is 22.7 Å². The van der Waals surface area contributed by atoms with Crippen molar-refractivity contribution in [2.45, 2.75) is 44.6 Å². The van der Waals surface area contributed by atoms with Gasteiger partial charge in [-0.15, -0.1) is 0 Å². The monoisotopic (exact) mass is 358 g/mol. The second-order valence-corrected chi connectivity index (χ2v) is 6.41. The van der Waals surface area contributed by atoms with Crippen molar-refractivity contribution < 1.29 is 4.79 Å². The molecule has 5 heteroatoms. The number of carbonyl (C=O) groups is 1. The van der Waals surface area contributed by atoms with Crippen molar-refractivity contribution in [3.63, 3.8) is 0 Å². The van der Waals surface area contributed by atoms with Crippen LogP contribution in [0.5, 0.6) is 0 Å². The summed E-state index contributed by atoms with van der Waals surface area (Å²) in [4.78, 5) is 12.0. The van der Waals surface area contributed by atoms with Gasteiger partial charge in [-0.3, -0.25) is 4.79 Å². The van der Waals surface area contributed by atoms with E-state index < -0.39 is 0 Å². The van der Waals surface area contributed by atoms with E-state index in [9.17, 15) is 4.79 Å². The van der Waals surface area contributed by atoms with Crippen LogP contribution in [0.2, 0.25) is 5.02 Å². The van der Waals surface area contributed by atoms with Crippen molar-refractivity contribution in [3.05, 3.63) is 27.7 Å². The number of benzene rings is 1. The van der Waals surface area contributed by atoms with Crippen LogP contribution < -0.4 is 10.6 Å². The number of halogens is 2. The number of anilines is 1. The second-order valence-electron chi connectivity index (χ2n) is 5.21. The molecule has 0 unspecified atom stereocenters. The number of nitrogens with one attached hydrogen (secondary N) is 2. The molecule has 1 aliphatic carbocycles. The molecule has 0 radical (unpaired) electrons. The highest BCUT2D eigenvalue weighted by Gasteiger charge is 2.14. The van der Waals surface area contributed by atoms with Crippen LogP contribution in [-0.4, -0.2) is 18.5 Å². The molecule has 1 aliphatic rings. The van der Waals surface area contributed by atoms with E-state index in [4.69, 9.17) is 11.6 Å². The van der Waals surface area contributed by atoms with E-state index >= 15 is 0 Å². The molecule has 0 heterocycles. The Morgan fingerprint density at radius 2 is 1.95 bits per heavy atom. The van der Waals surface area contributed by atoms with E-state index in [1.165, 1.54) is 25.7 Å². The maximum absolute atomic E-state index is 12.0. The van der Waals surface area contributed by atoms with Gasteiger partial charge < -0.3 is 10.6 Å². The number of amides is 1. The third-order valence-corrected chi connectivity index (χ3v) is 5.01. The highest BCUT2D eigenvalue weighted by molar-refractivity contribution is 9.10. The van der Waals surface area contributed by atoms with E-state index in [2.05, 4.69) is 26.6 Å². The Kier molecular flexibility index (Phi) is 6.17. The fraction of sp³-hybridized carbons (Fsp3) is 0.533. The van der Waals surface area contributed by atoms with Crippen LogP contribution in [0.25, 0.3) is 0 Å². The fourth-order valence-electron chi connectivity index (χ4n) is 2.52. The van der Waals surface area contributed by atoms with E-state index in [-0.39, 0.29) is 12.5 Å². The van der Waals surface area contributed by atoms with Gasteiger partial charge in [0.2, 0.25) is 5.91 Å². The molecular formula is C15H20BrClN2O. The molecule has 1 fully saturated rings. The molecule has 1 aromatic carbocycles. The third-order valence-electron chi connectivity index (χ3n) is 3.61. The standard InChI is InChI=1S/C15H20BrClN2O/c16-15-12(17)8-5-9-13(15)18-10-14(20)19-11-6-3-1-2-4-7-11/h5,8-9,11,18H,1-4,6-7,10H2,(H,19,20). The summed E-state index contributed by atoms with van der Waals surface area (Å²) in [6, 6.07) is 5.91. The molecule has 0 spiro atoms. The molecule has 2 rings (SSSR count). The molecular weight excluding hydrogens is 340 g/mol. The summed E-state index contributed by atoms with van der Waals surface area (Å²) in [6.07, 6.45) is 7.23. The summed E-state index contributed by atoms with van der Waals surface area (Å²) in [5.74, 6) is 0.0452. The van der Waals surface area contributed by atoms with Crippen LogP contribution in [0.4, 0.5) is 5.69 Å². The largest absolute Gasteiger partial charge is 0.375 e. The summed E-state index contributed by atoms with van der Waals surface area (Å²) in [5.41, 5.74) is 0.841. The van der Waals surface area contributed by atoms with Gasteiger partial charge in [0, 0.05) is 6.04 Å². The Morgan fingerprint density at radius 3 is 2.65 bits per heavy atom. The Labute approximate surface area is 133 Å². The Balaban J connectivity index is 1.81. The molecule has 110 valence electrons. The first-order valence-corrected chi connectivity index (χ1v) is 8.31. The van der Waals surface area contributed by atoms with Gasteiger partial charge in [0.05, 0.1) is 21.7 Å². The smallest absolute Gasteiger partial charge is 0.239 e. The average molecular weight is 360 g/mol. The lowest BCUT2D eigenvalue weighted by molar-refractivity contribution is -0.120. The van der Waals surface area contributed by atoms with Crippen LogP contribution in [0.3, 0.4) is 0 Å².